The van der Waals surface area contributed by atoms with Crippen molar-refractivity contribution in [3.05, 3.63) is 48.0 Å². The van der Waals surface area contributed by atoms with Gasteiger partial charge in [0.25, 0.3) is 0 Å². The van der Waals surface area contributed by atoms with Gasteiger partial charge in [-0.15, -0.1) is 0 Å². The molecule has 0 aliphatic rings. The topological polar surface area (TPSA) is 81.7 Å². The fraction of sp³-hybridized carbons (Fsp3) is 0.476. The van der Waals surface area contributed by atoms with E-state index in [0.29, 0.717) is 0 Å². The number of carbonyl (C=O) groups is 3. The van der Waals surface area contributed by atoms with E-state index in [1.54, 1.807) is 41.5 Å². The number of esters is 1. The molecule has 1 aromatic rings. The summed E-state index contributed by atoms with van der Waals surface area (Å²) in [5, 5.41) is 2.58. The molecule has 0 aliphatic heterocycles. The van der Waals surface area contributed by atoms with Crippen molar-refractivity contribution in [3.63, 3.8) is 0 Å². The third-order valence-corrected chi connectivity index (χ3v) is 3.11. The molecule has 1 amide bonds. The van der Waals surface area contributed by atoms with E-state index in [2.05, 4.69) is 5.32 Å². The predicted molar refractivity (Wildman–Crippen MR) is 103 cm³/mol. The van der Waals surface area contributed by atoms with Crippen LogP contribution in [0, 0.1) is 0 Å². The van der Waals surface area contributed by atoms with E-state index in [9.17, 15) is 14.4 Å². The Bertz CT molecular complexity index is 681. The van der Waals surface area contributed by atoms with Gasteiger partial charge in [-0.2, -0.15) is 0 Å². The van der Waals surface area contributed by atoms with Crippen LogP contribution in [0.1, 0.15) is 47.1 Å². The van der Waals surface area contributed by atoms with Gasteiger partial charge in [0.05, 0.1) is 6.04 Å². The highest BCUT2D eigenvalue weighted by Gasteiger charge is 2.24. The molecule has 1 atom stereocenters. The predicted octanol–water partition coefficient (Wildman–Crippen LogP) is 3.59. The van der Waals surface area contributed by atoms with Crippen LogP contribution in [0.15, 0.2) is 42.5 Å². The summed E-state index contributed by atoms with van der Waals surface area (Å²) in [6, 6.07) is 8.41. The van der Waals surface area contributed by atoms with Crippen LogP contribution in [0.2, 0.25) is 0 Å². The molecule has 0 saturated carbocycles. The summed E-state index contributed by atoms with van der Waals surface area (Å²) in [4.78, 5) is 36.4. The van der Waals surface area contributed by atoms with Gasteiger partial charge in [-0.05, 0) is 53.2 Å². The average molecular weight is 375 g/mol. The fourth-order valence-electron chi connectivity index (χ4n) is 2.12. The molecule has 1 N–H and O–H groups in total. The number of ether oxygens (including phenoxy) is 2. The normalized spacial score (nSPS) is 13.1. The van der Waals surface area contributed by atoms with E-state index in [-0.39, 0.29) is 6.42 Å². The highest BCUT2D eigenvalue weighted by molar-refractivity contribution is 6.00. The third-order valence-electron chi connectivity index (χ3n) is 3.11. The lowest BCUT2D eigenvalue weighted by molar-refractivity contribution is -0.148. The highest BCUT2D eigenvalue weighted by Crippen LogP contribution is 2.10. The quantitative estimate of drug-likeness (QED) is 0.607. The first kappa shape index (κ1) is 22.4. The minimum Gasteiger partial charge on any atom is -0.457 e. The third kappa shape index (κ3) is 10.2. The van der Waals surface area contributed by atoms with Gasteiger partial charge < -0.3 is 14.8 Å². The first-order chi connectivity index (χ1) is 12.4. The van der Waals surface area contributed by atoms with E-state index < -0.39 is 35.1 Å². The van der Waals surface area contributed by atoms with E-state index in [1.165, 1.54) is 0 Å². The molecular formula is C21H29NO5. The number of nitrogens with one attached hydrogen (secondary N) is 1. The summed E-state index contributed by atoms with van der Waals surface area (Å²) >= 11 is 0. The monoisotopic (exact) mass is 375 g/mol. The summed E-state index contributed by atoms with van der Waals surface area (Å²) in [6.45, 7) is 10.4. The molecule has 1 rings (SSSR count). The standard InChI is InChI=1S/C21H29NO5/c1-20(2,3)26-18(24)13-12-17(23)16(14-15-10-8-7-9-11-15)22-19(25)27-21(4,5)6/h7-13,16H,14H2,1-6H3,(H,22,25)/b13-12+/t16-/m0/s1. The summed E-state index contributed by atoms with van der Waals surface area (Å²) in [6.07, 6.45) is 1.78. The van der Waals surface area contributed by atoms with Crippen molar-refractivity contribution in [1.82, 2.24) is 5.32 Å². The molecule has 6 heteroatoms. The molecule has 1 aromatic carbocycles. The molecule has 0 radical (unpaired) electrons. The minimum absolute atomic E-state index is 0.275. The number of carbonyl (C=O) groups excluding carboxylic acids is 3. The maximum Gasteiger partial charge on any atom is 0.408 e. The number of ketones is 1. The fourth-order valence-corrected chi connectivity index (χ4v) is 2.12. The van der Waals surface area contributed by atoms with Crippen LogP contribution in [-0.4, -0.2) is 35.1 Å². The molecule has 6 nitrogen and oxygen atoms in total. The Morgan fingerprint density at radius 2 is 1.48 bits per heavy atom. The summed E-state index contributed by atoms with van der Waals surface area (Å²) in [5.74, 6) is -1.04. The number of benzene rings is 1. The van der Waals surface area contributed by atoms with Gasteiger partial charge in [0, 0.05) is 12.5 Å². The smallest absolute Gasteiger partial charge is 0.408 e. The number of alkyl carbamates (subject to hydrolysis) is 1. The van der Waals surface area contributed by atoms with Gasteiger partial charge in [0.1, 0.15) is 11.2 Å². The van der Waals surface area contributed by atoms with Gasteiger partial charge >= 0.3 is 12.1 Å². The Balaban J connectivity index is 2.87. The molecule has 0 aromatic heterocycles. The maximum atomic E-state index is 12.6. The highest BCUT2D eigenvalue weighted by atomic mass is 16.6. The molecule has 148 valence electrons. The zero-order chi connectivity index (χ0) is 20.7. The second kappa shape index (κ2) is 9.35. The van der Waals surface area contributed by atoms with E-state index in [0.717, 1.165) is 17.7 Å². The maximum absolute atomic E-state index is 12.6. The van der Waals surface area contributed by atoms with E-state index in [1.807, 2.05) is 30.3 Å². The largest absolute Gasteiger partial charge is 0.457 e. The van der Waals surface area contributed by atoms with Crippen LogP contribution in [0.25, 0.3) is 0 Å². The first-order valence-electron chi connectivity index (χ1n) is 8.84. The molecule has 0 bridgehead atoms. The summed E-state index contributed by atoms with van der Waals surface area (Å²) in [5.41, 5.74) is -0.461. The molecule has 0 unspecified atom stereocenters. The Labute approximate surface area is 160 Å². The Morgan fingerprint density at radius 1 is 0.926 bits per heavy atom. The van der Waals surface area contributed by atoms with Gasteiger partial charge in [-0.1, -0.05) is 30.3 Å². The number of amides is 1. The first-order valence-corrected chi connectivity index (χ1v) is 8.84. The van der Waals surface area contributed by atoms with Crippen LogP contribution in [0.3, 0.4) is 0 Å². The van der Waals surface area contributed by atoms with Crippen molar-refractivity contribution in [3.8, 4) is 0 Å². The Hall–Kier alpha value is -2.63. The zero-order valence-electron chi connectivity index (χ0n) is 16.9. The van der Waals surface area contributed by atoms with E-state index >= 15 is 0 Å². The minimum atomic E-state index is -0.860. The number of rotatable bonds is 6. The number of hydrogen-bond acceptors (Lipinski definition) is 5. The van der Waals surface area contributed by atoms with Gasteiger partial charge in [0.15, 0.2) is 5.78 Å². The molecular weight excluding hydrogens is 346 g/mol. The van der Waals surface area contributed by atoms with Crippen LogP contribution in [-0.2, 0) is 25.5 Å². The second-order valence-electron chi connectivity index (χ2n) is 8.16. The zero-order valence-corrected chi connectivity index (χ0v) is 16.9. The van der Waals surface area contributed by atoms with Crippen LogP contribution in [0.5, 0.6) is 0 Å². The van der Waals surface area contributed by atoms with Crippen molar-refractivity contribution >= 4 is 17.8 Å². The lowest BCUT2D eigenvalue weighted by Crippen LogP contribution is -2.44. The number of hydrogen-bond donors (Lipinski definition) is 1. The second-order valence-corrected chi connectivity index (χ2v) is 8.16. The summed E-state index contributed by atoms with van der Waals surface area (Å²) in [7, 11) is 0. The van der Waals surface area contributed by atoms with Crippen LogP contribution in [0.4, 0.5) is 4.79 Å². The van der Waals surface area contributed by atoms with Crippen molar-refractivity contribution in [2.24, 2.45) is 0 Å². The molecule has 27 heavy (non-hydrogen) atoms. The Kier molecular flexibility index (Phi) is 7.76. The van der Waals surface area contributed by atoms with Crippen molar-refractivity contribution in [2.45, 2.75) is 65.2 Å². The average Bonchev–Trinajstić information content (AvgIpc) is 2.49. The SMILES string of the molecule is CC(C)(C)OC(=O)/C=C/C(=O)[C@H](Cc1ccccc1)NC(=O)OC(C)(C)C. The lowest BCUT2D eigenvalue weighted by Gasteiger charge is -2.22. The van der Waals surface area contributed by atoms with Crippen molar-refractivity contribution in [2.75, 3.05) is 0 Å². The molecule has 0 aliphatic carbocycles. The Morgan fingerprint density at radius 3 is 2.00 bits per heavy atom. The lowest BCUT2D eigenvalue weighted by atomic mass is 10.0. The molecule has 0 fully saturated rings. The van der Waals surface area contributed by atoms with Crippen molar-refractivity contribution < 1.29 is 23.9 Å². The molecule has 0 heterocycles. The molecule has 0 saturated heterocycles. The van der Waals surface area contributed by atoms with Gasteiger partial charge in [0.2, 0.25) is 0 Å². The molecule has 0 spiro atoms. The van der Waals surface area contributed by atoms with Crippen molar-refractivity contribution in [1.29, 1.82) is 0 Å². The van der Waals surface area contributed by atoms with Crippen LogP contribution < -0.4 is 5.32 Å². The summed E-state index contributed by atoms with van der Waals surface area (Å²) < 4.78 is 10.4. The van der Waals surface area contributed by atoms with Gasteiger partial charge in [-0.3, -0.25) is 4.79 Å². The van der Waals surface area contributed by atoms with Gasteiger partial charge in [-0.25, -0.2) is 9.59 Å². The van der Waals surface area contributed by atoms with Crippen LogP contribution >= 0.6 is 0 Å². The van der Waals surface area contributed by atoms with E-state index in [4.69, 9.17) is 9.47 Å².